The van der Waals surface area contributed by atoms with E-state index >= 15 is 0 Å². The summed E-state index contributed by atoms with van der Waals surface area (Å²) in [5.41, 5.74) is -0.308. The van der Waals surface area contributed by atoms with Crippen molar-refractivity contribution in [2.45, 2.75) is 31.4 Å². The molecule has 0 spiro atoms. The van der Waals surface area contributed by atoms with Crippen molar-refractivity contribution < 1.29 is 13.2 Å². The van der Waals surface area contributed by atoms with Crippen molar-refractivity contribution in [2.75, 3.05) is 0 Å². The monoisotopic (exact) mass is 278 g/mol. The van der Waals surface area contributed by atoms with Gasteiger partial charge in [0.15, 0.2) is 0 Å². The molecule has 0 bridgehead atoms. The predicted molar refractivity (Wildman–Crippen MR) is 55.8 cm³/mol. The first kappa shape index (κ1) is 11.0. The summed E-state index contributed by atoms with van der Waals surface area (Å²) in [6.07, 6.45) is -3.68. The third-order valence-corrected chi connectivity index (χ3v) is 3.89. The number of alkyl halides is 3. The van der Waals surface area contributed by atoms with Gasteiger partial charge < -0.3 is 0 Å². The maximum atomic E-state index is 12.8. The number of halogens is 4. The van der Waals surface area contributed by atoms with Crippen LogP contribution in [0.5, 0.6) is 0 Å². The van der Waals surface area contributed by atoms with Crippen LogP contribution in [0.25, 0.3) is 0 Å². The fourth-order valence-electron chi connectivity index (χ4n) is 1.80. The summed E-state index contributed by atoms with van der Waals surface area (Å²) in [6.45, 7) is 1.81. The molecule has 0 heterocycles. The van der Waals surface area contributed by atoms with Gasteiger partial charge in [0, 0.05) is 4.47 Å². The Labute approximate surface area is 94.6 Å². The summed E-state index contributed by atoms with van der Waals surface area (Å²) in [5.74, 6) is 0. The molecule has 0 amide bonds. The lowest BCUT2D eigenvalue weighted by Crippen LogP contribution is -2.28. The van der Waals surface area contributed by atoms with Gasteiger partial charge in [0.05, 0.1) is 5.41 Å². The standard InChI is InChI=1S/C11H10BrF3/c1-7-6-8(2-3-9(7)12)10(4-5-10)11(13,14)15/h2-3,6H,4-5H2,1H3. The fraction of sp³-hybridized carbons (Fsp3) is 0.455. The number of rotatable bonds is 1. The van der Waals surface area contributed by atoms with Crippen LogP contribution >= 0.6 is 15.9 Å². The first-order chi connectivity index (χ1) is 6.87. The molecule has 1 saturated carbocycles. The normalized spacial score (nSPS) is 19.0. The molecule has 1 fully saturated rings. The number of aryl methyl sites for hydroxylation is 1. The van der Waals surface area contributed by atoms with Crippen LogP contribution < -0.4 is 0 Å². The zero-order chi connectivity index (χ0) is 11.3. The highest BCUT2D eigenvalue weighted by molar-refractivity contribution is 9.10. The van der Waals surface area contributed by atoms with Crippen LogP contribution in [0.4, 0.5) is 13.2 Å². The van der Waals surface area contributed by atoms with E-state index in [1.807, 2.05) is 0 Å². The van der Waals surface area contributed by atoms with E-state index in [1.165, 1.54) is 0 Å². The van der Waals surface area contributed by atoms with E-state index in [2.05, 4.69) is 15.9 Å². The molecule has 0 saturated heterocycles. The van der Waals surface area contributed by atoms with Crippen LogP contribution in [0.1, 0.15) is 24.0 Å². The summed E-state index contributed by atoms with van der Waals surface area (Å²) in [5, 5.41) is 0. The van der Waals surface area contributed by atoms with Gasteiger partial charge in [-0.25, -0.2) is 0 Å². The summed E-state index contributed by atoms with van der Waals surface area (Å²) in [4.78, 5) is 0. The lowest BCUT2D eigenvalue weighted by atomic mass is 9.94. The van der Waals surface area contributed by atoms with Crippen molar-refractivity contribution in [3.63, 3.8) is 0 Å². The molecule has 0 unspecified atom stereocenters. The van der Waals surface area contributed by atoms with Gasteiger partial charge in [0.2, 0.25) is 0 Å². The quantitative estimate of drug-likeness (QED) is 0.716. The molecule has 1 aromatic carbocycles. The van der Waals surface area contributed by atoms with Crippen LogP contribution in [0, 0.1) is 6.92 Å². The third kappa shape index (κ3) is 1.69. The van der Waals surface area contributed by atoms with E-state index in [0.29, 0.717) is 5.56 Å². The largest absolute Gasteiger partial charge is 0.398 e. The molecule has 15 heavy (non-hydrogen) atoms. The second kappa shape index (κ2) is 3.24. The van der Waals surface area contributed by atoms with Gasteiger partial charge in [0.25, 0.3) is 0 Å². The molecule has 0 radical (unpaired) electrons. The van der Waals surface area contributed by atoms with Crippen LogP contribution in [-0.2, 0) is 5.41 Å². The molecule has 1 aliphatic rings. The summed E-state index contributed by atoms with van der Waals surface area (Å²) >= 11 is 3.29. The van der Waals surface area contributed by atoms with Crippen molar-refractivity contribution >= 4 is 15.9 Å². The first-order valence-electron chi connectivity index (χ1n) is 4.70. The van der Waals surface area contributed by atoms with E-state index in [9.17, 15) is 13.2 Å². The molecular weight excluding hydrogens is 269 g/mol. The Kier molecular flexibility index (Phi) is 2.37. The van der Waals surface area contributed by atoms with E-state index < -0.39 is 11.6 Å². The zero-order valence-electron chi connectivity index (χ0n) is 8.16. The van der Waals surface area contributed by atoms with Gasteiger partial charge in [-0.15, -0.1) is 0 Å². The molecule has 4 heteroatoms. The van der Waals surface area contributed by atoms with Crippen LogP contribution in [0.3, 0.4) is 0 Å². The molecule has 0 nitrogen and oxygen atoms in total. The van der Waals surface area contributed by atoms with Gasteiger partial charge >= 0.3 is 6.18 Å². The second-order valence-electron chi connectivity index (χ2n) is 4.04. The average Bonchev–Trinajstić information content (AvgIpc) is 2.88. The average molecular weight is 279 g/mol. The van der Waals surface area contributed by atoms with E-state index in [0.717, 1.165) is 10.0 Å². The second-order valence-corrected chi connectivity index (χ2v) is 4.90. The molecule has 0 N–H and O–H groups in total. The summed E-state index contributed by atoms with van der Waals surface area (Å²) in [6, 6.07) is 4.89. The molecule has 1 aliphatic carbocycles. The highest BCUT2D eigenvalue weighted by Gasteiger charge is 2.64. The minimum Gasteiger partial charge on any atom is -0.170 e. The molecule has 2 rings (SSSR count). The van der Waals surface area contributed by atoms with Crippen molar-refractivity contribution in [1.82, 2.24) is 0 Å². The van der Waals surface area contributed by atoms with Gasteiger partial charge in [-0.05, 0) is 37.0 Å². The highest BCUT2D eigenvalue weighted by atomic mass is 79.9. The van der Waals surface area contributed by atoms with Crippen LogP contribution in [0.2, 0.25) is 0 Å². The van der Waals surface area contributed by atoms with Gasteiger partial charge in [0.1, 0.15) is 0 Å². The smallest absolute Gasteiger partial charge is 0.170 e. The fourth-order valence-corrected chi connectivity index (χ4v) is 2.05. The lowest BCUT2D eigenvalue weighted by Gasteiger charge is -2.20. The summed E-state index contributed by atoms with van der Waals surface area (Å²) in [7, 11) is 0. The minimum atomic E-state index is -4.12. The van der Waals surface area contributed by atoms with Crippen LogP contribution in [-0.4, -0.2) is 6.18 Å². The van der Waals surface area contributed by atoms with E-state index in [4.69, 9.17) is 0 Å². The Hall–Kier alpha value is -0.510. The Bertz CT molecular complexity index is 391. The third-order valence-electron chi connectivity index (χ3n) is 3.00. The van der Waals surface area contributed by atoms with Gasteiger partial charge in [-0.3, -0.25) is 0 Å². The van der Waals surface area contributed by atoms with Crippen molar-refractivity contribution in [3.8, 4) is 0 Å². The molecule has 0 aliphatic heterocycles. The Morgan fingerprint density at radius 2 is 1.87 bits per heavy atom. The van der Waals surface area contributed by atoms with Crippen molar-refractivity contribution in [2.24, 2.45) is 0 Å². The van der Waals surface area contributed by atoms with Crippen LogP contribution in [0.15, 0.2) is 22.7 Å². The van der Waals surface area contributed by atoms with E-state index in [1.54, 1.807) is 25.1 Å². The number of hydrogen-bond donors (Lipinski definition) is 0. The first-order valence-corrected chi connectivity index (χ1v) is 5.49. The Morgan fingerprint density at radius 1 is 1.27 bits per heavy atom. The Morgan fingerprint density at radius 3 is 2.27 bits per heavy atom. The van der Waals surface area contributed by atoms with Crippen molar-refractivity contribution in [3.05, 3.63) is 33.8 Å². The predicted octanol–water partition coefficient (Wildman–Crippen LogP) is 4.35. The summed E-state index contributed by atoms with van der Waals surface area (Å²) < 4.78 is 39.3. The Balaban J connectivity index is 2.43. The maximum absolute atomic E-state index is 12.8. The lowest BCUT2D eigenvalue weighted by molar-refractivity contribution is -0.160. The van der Waals surface area contributed by atoms with Gasteiger partial charge in [-0.1, -0.05) is 28.1 Å². The van der Waals surface area contributed by atoms with Crippen molar-refractivity contribution in [1.29, 1.82) is 0 Å². The molecule has 0 atom stereocenters. The van der Waals surface area contributed by atoms with Gasteiger partial charge in [-0.2, -0.15) is 13.2 Å². The topological polar surface area (TPSA) is 0 Å². The SMILES string of the molecule is Cc1cc(C2(C(F)(F)F)CC2)ccc1Br. The number of benzene rings is 1. The zero-order valence-corrected chi connectivity index (χ0v) is 9.74. The molecular formula is C11H10BrF3. The van der Waals surface area contributed by atoms with E-state index in [-0.39, 0.29) is 12.8 Å². The molecule has 0 aromatic heterocycles. The maximum Gasteiger partial charge on any atom is 0.398 e. The minimum absolute atomic E-state index is 0.220. The molecule has 1 aromatic rings. The molecule has 82 valence electrons. The number of hydrogen-bond acceptors (Lipinski definition) is 0. The highest BCUT2D eigenvalue weighted by Crippen LogP contribution is 2.59.